The highest BCUT2D eigenvalue weighted by Gasteiger charge is 2.18. The van der Waals surface area contributed by atoms with Crippen molar-refractivity contribution in [2.24, 2.45) is 0 Å². The molecule has 2 aromatic heterocycles. The van der Waals surface area contributed by atoms with Crippen molar-refractivity contribution in [3.8, 4) is 5.75 Å². The van der Waals surface area contributed by atoms with Crippen molar-refractivity contribution in [1.82, 2.24) is 4.98 Å². The molecule has 0 aliphatic carbocycles. The first kappa shape index (κ1) is 12.9. The Labute approximate surface area is 121 Å². The van der Waals surface area contributed by atoms with Crippen LogP contribution in [0.3, 0.4) is 0 Å². The second kappa shape index (κ2) is 5.13. The third-order valence-corrected chi connectivity index (χ3v) is 4.59. The number of hydrogen-bond acceptors (Lipinski definition) is 3. The lowest BCUT2D eigenvalue weighted by Gasteiger charge is -2.03. The molecule has 4 heteroatoms. The minimum absolute atomic E-state index is 0.0467. The second-order valence-corrected chi connectivity index (χ2v) is 5.70. The number of methoxy groups -OCH3 is 1. The average molecular weight is 285 g/mol. The van der Waals surface area contributed by atoms with E-state index < -0.39 is 0 Å². The highest BCUT2D eigenvalue weighted by Crippen LogP contribution is 2.31. The zero-order valence-electron chi connectivity index (χ0n) is 11.4. The van der Waals surface area contributed by atoms with Crippen molar-refractivity contribution in [2.45, 2.75) is 13.3 Å². The molecule has 1 N–H and O–H groups in total. The monoisotopic (exact) mass is 285 g/mol. The van der Waals surface area contributed by atoms with E-state index in [2.05, 4.69) is 11.9 Å². The van der Waals surface area contributed by atoms with E-state index in [0.29, 0.717) is 5.56 Å². The van der Waals surface area contributed by atoms with Crippen molar-refractivity contribution in [1.29, 1.82) is 0 Å². The molecule has 0 fully saturated rings. The zero-order chi connectivity index (χ0) is 14.1. The van der Waals surface area contributed by atoms with Gasteiger partial charge in [0, 0.05) is 16.6 Å². The van der Waals surface area contributed by atoms with E-state index in [1.165, 1.54) is 4.88 Å². The normalized spacial score (nSPS) is 10.9. The van der Waals surface area contributed by atoms with E-state index in [-0.39, 0.29) is 5.78 Å². The number of benzene rings is 1. The minimum atomic E-state index is 0.0467. The number of carbonyl (C=O) groups is 1. The molecule has 20 heavy (non-hydrogen) atoms. The van der Waals surface area contributed by atoms with E-state index in [1.807, 2.05) is 30.3 Å². The fraction of sp³-hybridized carbons (Fsp3) is 0.188. The highest BCUT2D eigenvalue weighted by atomic mass is 32.1. The molecule has 0 aliphatic rings. The lowest BCUT2D eigenvalue weighted by Crippen LogP contribution is -1.98. The number of hydrogen-bond donors (Lipinski definition) is 1. The summed E-state index contributed by atoms with van der Waals surface area (Å²) < 4.78 is 5.37. The van der Waals surface area contributed by atoms with Gasteiger partial charge >= 0.3 is 0 Å². The van der Waals surface area contributed by atoms with Crippen LogP contribution in [0, 0.1) is 0 Å². The van der Waals surface area contributed by atoms with Gasteiger partial charge in [0.1, 0.15) is 5.75 Å². The number of thiophene rings is 1. The third-order valence-electron chi connectivity index (χ3n) is 3.37. The Morgan fingerprint density at radius 2 is 2.15 bits per heavy atom. The van der Waals surface area contributed by atoms with Gasteiger partial charge in [-0.3, -0.25) is 4.79 Å². The Morgan fingerprint density at radius 1 is 1.30 bits per heavy atom. The number of carbonyl (C=O) groups excluding carboxylic acids is 1. The molecule has 0 saturated carbocycles. The van der Waals surface area contributed by atoms with Crippen LogP contribution in [0.1, 0.15) is 27.0 Å². The van der Waals surface area contributed by atoms with Gasteiger partial charge in [-0.1, -0.05) is 13.0 Å². The van der Waals surface area contributed by atoms with Crippen LogP contribution in [0.25, 0.3) is 10.9 Å². The van der Waals surface area contributed by atoms with Crippen LogP contribution < -0.4 is 4.74 Å². The number of aromatic nitrogens is 1. The first-order chi connectivity index (χ1) is 9.74. The van der Waals surface area contributed by atoms with Gasteiger partial charge in [-0.05, 0) is 30.7 Å². The predicted octanol–water partition coefficient (Wildman–Crippen LogP) is 4.03. The van der Waals surface area contributed by atoms with Crippen LogP contribution in [-0.2, 0) is 6.42 Å². The van der Waals surface area contributed by atoms with Crippen LogP contribution >= 0.6 is 11.3 Å². The molecule has 0 radical (unpaired) electrons. The van der Waals surface area contributed by atoms with E-state index >= 15 is 0 Å². The van der Waals surface area contributed by atoms with Crippen molar-refractivity contribution in [2.75, 3.05) is 7.11 Å². The molecule has 2 heterocycles. The van der Waals surface area contributed by atoms with Crippen molar-refractivity contribution in [3.05, 3.63) is 51.8 Å². The number of rotatable bonds is 4. The molecule has 0 spiro atoms. The Kier molecular flexibility index (Phi) is 3.32. The first-order valence-electron chi connectivity index (χ1n) is 6.52. The summed E-state index contributed by atoms with van der Waals surface area (Å²) in [7, 11) is 1.62. The molecule has 3 nitrogen and oxygen atoms in total. The summed E-state index contributed by atoms with van der Waals surface area (Å²) in [4.78, 5) is 17.8. The summed E-state index contributed by atoms with van der Waals surface area (Å²) in [5, 5.41) is 0.853. The molecule has 102 valence electrons. The number of ether oxygens (including phenoxy) is 1. The lowest BCUT2D eigenvalue weighted by atomic mass is 10.1. The van der Waals surface area contributed by atoms with Gasteiger partial charge < -0.3 is 9.72 Å². The maximum atomic E-state index is 12.7. The standard InChI is InChI=1S/C16H15NO2S/c1-3-10-7-8-14(20-10)16(18)11-9-17-12-5-4-6-13(19-2)15(11)12/h4-9,17H,3H2,1-2H3. The van der Waals surface area contributed by atoms with Gasteiger partial charge in [-0.15, -0.1) is 11.3 Å². The van der Waals surface area contributed by atoms with Crippen LogP contribution in [0.4, 0.5) is 0 Å². The van der Waals surface area contributed by atoms with Crippen LogP contribution in [0.5, 0.6) is 5.75 Å². The molecule has 0 atom stereocenters. The lowest BCUT2D eigenvalue weighted by molar-refractivity contribution is 0.104. The van der Waals surface area contributed by atoms with Gasteiger partial charge in [-0.2, -0.15) is 0 Å². The summed E-state index contributed by atoms with van der Waals surface area (Å²) in [5.41, 5.74) is 1.59. The van der Waals surface area contributed by atoms with Crippen molar-refractivity contribution in [3.63, 3.8) is 0 Å². The Morgan fingerprint density at radius 3 is 2.85 bits per heavy atom. The highest BCUT2D eigenvalue weighted by molar-refractivity contribution is 7.14. The van der Waals surface area contributed by atoms with Crippen LogP contribution in [-0.4, -0.2) is 17.9 Å². The summed E-state index contributed by atoms with van der Waals surface area (Å²) in [6.07, 6.45) is 2.72. The fourth-order valence-corrected chi connectivity index (χ4v) is 3.22. The molecular weight excluding hydrogens is 270 g/mol. The van der Waals surface area contributed by atoms with E-state index in [9.17, 15) is 4.79 Å². The molecule has 0 bridgehead atoms. The van der Waals surface area contributed by atoms with Gasteiger partial charge in [0.2, 0.25) is 5.78 Å². The maximum absolute atomic E-state index is 12.7. The number of aromatic amines is 1. The van der Waals surface area contributed by atoms with Crippen LogP contribution in [0.2, 0.25) is 0 Å². The molecule has 0 amide bonds. The number of H-pyrrole nitrogens is 1. The largest absolute Gasteiger partial charge is 0.496 e. The zero-order valence-corrected chi connectivity index (χ0v) is 12.2. The molecule has 3 rings (SSSR count). The number of nitrogens with one attached hydrogen (secondary N) is 1. The molecular formula is C16H15NO2S. The van der Waals surface area contributed by atoms with E-state index in [1.54, 1.807) is 24.6 Å². The SMILES string of the molecule is CCc1ccc(C(=O)c2c[nH]c3cccc(OC)c23)s1. The molecule has 1 aromatic carbocycles. The van der Waals surface area contributed by atoms with Gasteiger partial charge in [0.25, 0.3) is 0 Å². The Balaban J connectivity index is 2.12. The molecule has 0 saturated heterocycles. The van der Waals surface area contributed by atoms with E-state index in [4.69, 9.17) is 4.74 Å². The minimum Gasteiger partial charge on any atom is -0.496 e. The smallest absolute Gasteiger partial charge is 0.205 e. The Hall–Kier alpha value is -2.07. The van der Waals surface area contributed by atoms with Crippen molar-refractivity contribution < 1.29 is 9.53 Å². The first-order valence-corrected chi connectivity index (χ1v) is 7.33. The molecule has 0 unspecified atom stereocenters. The summed E-state index contributed by atoms with van der Waals surface area (Å²) in [5.74, 6) is 0.768. The Bertz CT molecular complexity index is 770. The van der Waals surface area contributed by atoms with Crippen LogP contribution in [0.15, 0.2) is 36.5 Å². The van der Waals surface area contributed by atoms with Gasteiger partial charge in [0.15, 0.2) is 0 Å². The van der Waals surface area contributed by atoms with Gasteiger partial charge in [-0.25, -0.2) is 0 Å². The van der Waals surface area contributed by atoms with Crippen molar-refractivity contribution >= 4 is 28.0 Å². The number of fused-ring (bicyclic) bond motifs is 1. The number of ketones is 1. The third kappa shape index (κ3) is 2.02. The maximum Gasteiger partial charge on any atom is 0.205 e. The summed E-state index contributed by atoms with van der Waals surface area (Å²) in [6.45, 7) is 2.09. The van der Waals surface area contributed by atoms with E-state index in [0.717, 1.165) is 28.0 Å². The second-order valence-electron chi connectivity index (χ2n) is 4.53. The fourth-order valence-electron chi connectivity index (χ4n) is 2.32. The summed E-state index contributed by atoms with van der Waals surface area (Å²) in [6, 6.07) is 9.65. The average Bonchev–Trinajstić information content (AvgIpc) is 3.12. The quantitative estimate of drug-likeness (QED) is 0.735. The molecule has 3 aromatic rings. The summed E-state index contributed by atoms with van der Waals surface area (Å²) >= 11 is 1.56. The topological polar surface area (TPSA) is 42.1 Å². The molecule has 0 aliphatic heterocycles. The van der Waals surface area contributed by atoms with Gasteiger partial charge in [0.05, 0.1) is 22.9 Å². The predicted molar refractivity (Wildman–Crippen MR) is 82.0 cm³/mol. The number of aryl methyl sites for hydroxylation is 1.